The first-order valence-corrected chi connectivity index (χ1v) is 9.00. The number of guanidine groups is 1. The third-order valence-electron chi connectivity index (χ3n) is 3.87. The Morgan fingerprint density at radius 3 is 2.48 bits per heavy atom. The maximum Gasteiger partial charge on any atom is 0.287 e. The van der Waals surface area contributed by atoms with Gasteiger partial charge in [0.2, 0.25) is 0 Å². The molecule has 0 unspecified atom stereocenters. The zero-order valence-electron chi connectivity index (χ0n) is 15.5. The van der Waals surface area contributed by atoms with E-state index >= 15 is 0 Å². The van der Waals surface area contributed by atoms with Crippen LogP contribution in [0.2, 0.25) is 5.02 Å². The first kappa shape index (κ1) is 23.3. The summed E-state index contributed by atoms with van der Waals surface area (Å²) < 4.78 is 5.16. The number of amides is 1. The molecule has 8 heteroatoms. The SMILES string of the molecule is CN=C(NCCCNC(=O)c1occc1C)NCCc1ccccc1Cl.I. The molecular formula is C19H26ClIN4O2. The van der Waals surface area contributed by atoms with Gasteiger partial charge >= 0.3 is 0 Å². The van der Waals surface area contributed by atoms with Gasteiger partial charge in [-0.25, -0.2) is 0 Å². The number of furan rings is 1. The van der Waals surface area contributed by atoms with Crippen molar-refractivity contribution in [2.75, 3.05) is 26.7 Å². The lowest BCUT2D eigenvalue weighted by Gasteiger charge is -2.12. The summed E-state index contributed by atoms with van der Waals surface area (Å²) in [5.41, 5.74) is 1.94. The van der Waals surface area contributed by atoms with Crippen molar-refractivity contribution in [2.24, 2.45) is 4.99 Å². The average molecular weight is 505 g/mol. The molecule has 0 spiro atoms. The van der Waals surface area contributed by atoms with Crippen molar-refractivity contribution >= 4 is 47.4 Å². The van der Waals surface area contributed by atoms with Crippen molar-refractivity contribution in [3.63, 3.8) is 0 Å². The summed E-state index contributed by atoms with van der Waals surface area (Å²) in [7, 11) is 1.73. The van der Waals surface area contributed by atoms with Crippen LogP contribution in [-0.2, 0) is 6.42 Å². The second kappa shape index (κ2) is 12.6. The first-order valence-electron chi connectivity index (χ1n) is 8.62. The van der Waals surface area contributed by atoms with Crippen LogP contribution in [0.25, 0.3) is 0 Å². The predicted octanol–water partition coefficient (Wildman–Crippen LogP) is 3.39. The van der Waals surface area contributed by atoms with Crippen LogP contribution < -0.4 is 16.0 Å². The minimum atomic E-state index is -0.185. The van der Waals surface area contributed by atoms with E-state index in [-0.39, 0.29) is 29.9 Å². The molecule has 0 aliphatic heterocycles. The summed E-state index contributed by atoms with van der Waals surface area (Å²) in [6, 6.07) is 9.58. The van der Waals surface area contributed by atoms with Crippen LogP contribution in [0.1, 0.15) is 28.1 Å². The molecule has 2 rings (SSSR count). The van der Waals surface area contributed by atoms with Crippen LogP contribution >= 0.6 is 35.6 Å². The Kier molecular flexibility index (Phi) is 10.9. The van der Waals surface area contributed by atoms with Gasteiger partial charge in [-0.05, 0) is 37.5 Å². The molecule has 1 amide bonds. The van der Waals surface area contributed by atoms with Gasteiger partial charge in [0.05, 0.1) is 6.26 Å². The molecule has 0 saturated carbocycles. The van der Waals surface area contributed by atoms with Crippen molar-refractivity contribution in [1.82, 2.24) is 16.0 Å². The number of carbonyl (C=O) groups excluding carboxylic acids is 1. The second-order valence-corrected chi connectivity index (χ2v) is 6.22. The molecule has 1 aromatic carbocycles. The number of hydrogen-bond acceptors (Lipinski definition) is 3. The van der Waals surface area contributed by atoms with Crippen LogP contribution in [0.3, 0.4) is 0 Å². The molecular weight excluding hydrogens is 479 g/mol. The Balaban J connectivity index is 0.00000364. The minimum absolute atomic E-state index is 0. The Morgan fingerprint density at radius 1 is 1.11 bits per heavy atom. The Labute approximate surface area is 182 Å². The quantitative estimate of drug-likeness (QED) is 0.223. The van der Waals surface area contributed by atoms with E-state index in [4.69, 9.17) is 16.0 Å². The highest BCUT2D eigenvalue weighted by Crippen LogP contribution is 2.14. The van der Waals surface area contributed by atoms with Crippen LogP contribution in [0.4, 0.5) is 0 Å². The van der Waals surface area contributed by atoms with Crippen molar-refractivity contribution < 1.29 is 9.21 Å². The largest absolute Gasteiger partial charge is 0.459 e. The molecule has 27 heavy (non-hydrogen) atoms. The maximum atomic E-state index is 11.9. The van der Waals surface area contributed by atoms with Gasteiger partial charge in [0.1, 0.15) is 0 Å². The molecule has 0 aliphatic carbocycles. The molecule has 3 N–H and O–H groups in total. The number of nitrogens with one attached hydrogen (secondary N) is 3. The summed E-state index contributed by atoms with van der Waals surface area (Å²) in [6.07, 6.45) is 3.11. The van der Waals surface area contributed by atoms with Crippen LogP contribution in [0.5, 0.6) is 0 Å². The standard InChI is InChI=1S/C19H25ClN4O2.HI/c1-14-9-13-26-17(14)18(25)22-10-5-11-23-19(21-2)24-12-8-15-6-3-4-7-16(15)20;/h3-4,6-7,9,13H,5,8,10-12H2,1-2H3,(H,22,25)(H2,21,23,24);1H. The van der Waals surface area contributed by atoms with E-state index in [1.807, 2.05) is 31.2 Å². The van der Waals surface area contributed by atoms with E-state index in [1.165, 1.54) is 6.26 Å². The maximum absolute atomic E-state index is 11.9. The van der Waals surface area contributed by atoms with E-state index in [0.29, 0.717) is 18.8 Å². The first-order chi connectivity index (χ1) is 12.6. The van der Waals surface area contributed by atoms with Gasteiger partial charge in [-0.2, -0.15) is 0 Å². The number of halogens is 2. The third kappa shape index (κ3) is 7.80. The van der Waals surface area contributed by atoms with Crippen molar-refractivity contribution in [3.8, 4) is 0 Å². The molecule has 1 heterocycles. The molecule has 0 bridgehead atoms. The molecule has 2 aromatic rings. The van der Waals surface area contributed by atoms with E-state index in [9.17, 15) is 4.79 Å². The summed E-state index contributed by atoms with van der Waals surface area (Å²) in [4.78, 5) is 16.1. The highest BCUT2D eigenvalue weighted by molar-refractivity contribution is 14.0. The van der Waals surface area contributed by atoms with E-state index in [2.05, 4.69) is 20.9 Å². The molecule has 1 aromatic heterocycles. The predicted molar refractivity (Wildman–Crippen MR) is 120 cm³/mol. The number of carbonyl (C=O) groups is 1. The van der Waals surface area contributed by atoms with Crippen LogP contribution in [0, 0.1) is 6.92 Å². The Hall–Kier alpha value is -1.74. The lowest BCUT2D eigenvalue weighted by molar-refractivity contribution is 0.0925. The molecule has 0 saturated heterocycles. The van der Waals surface area contributed by atoms with Crippen LogP contribution in [0.15, 0.2) is 46.0 Å². The van der Waals surface area contributed by atoms with E-state index in [0.717, 1.165) is 41.5 Å². The number of aryl methyl sites for hydroxylation is 1. The van der Waals surface area contributed by atoms with Gasteiger partial charge in [0, 0.05) is 37.3 Å². The van der Waals surface area contributed by atoms with E-state index < -0.39 is 0 Å². The summed E-state index contributed by atoms with van der Waals surface area (Å²) in [5.74, 6) is 0.912. The number of aliphatic imine (C=N–C) groups is 1. The lowest BCUT2D eigenvalue weighted by Crippen LogP contribution is -2.39. The Bertz CT molecular complexity index is 749. The molecule has 148 valence electrons. The normalized spacial score (nSPS) is 10.9. The van der Waals surface area contributed by atoms with Gasteiger partial charge < -0.3 is 20.4 Å². The van der Waals surface area contributed by atoms with Crippen molar-refractivity contribution in [2.45, 2.75) is 19.8 Å². The molecule has 6 nitrogen and oxygen atoms in total. The van der Waals surface area contributed by atoms with Gasteiger partial charge in [-0.3, -0.25) is 9.79 Å². The smallest absolute Gasteiger partial charge is 0.287 e. The van der Waals surface area contributed by atoms with Crippen molar-refractivity contribution in [3.05, 3.63) is 58.5 Å². The van der Waals surface area contributed by atoms with E-state index in [1.54, 1.807) is 13.1 Å². The minimum Gasteiger partial charge on any atom is -0.459 e. The fraction of sp³-hybridized carbons (Fsp3) is 0.368. The zero-order valence-corrected chi connectivity index (χ0v) is 18.6. The number of nitrogens with zero attached hydrogens (tertiary/aromatic N) is 1. The molecule has 0 atom stereocenters. The third-order valence-corrected chi connectivity index (χ3v) is 4.24. The van der Waals surface area contributed by atoms with Gasteiger partial charge in [-0.1, -0.05) is 29.8 Å². The van der Waals surface area contributed by atoms with Crippen molar-refractivity contribution in [1.29, 1.82) is 0 Å². The summed E-state index contributed by atoms with van der Waals surface area (Å²) in [6.45, 7) is 3.84. The summed E-state index contributed by atoms with van der Waals surface area (Å²) >= 11 is 6.15. The fourth-order valence-corrected chi connectivity index (χ4v) is 2.65. The topological polar surface area (TPSA) is 78.7 Å². The highest BCUT2D eigenvalue weighted by Gasteiger charge is 2.11. The monoisotopic (exact) mass is 504 g/mol. The molecule has 0 aliphatic rings. The molecule has 0 fully saturated rings. The van der Waals surface area contributed by atoms with Gasteiger partial charge in [0.25, 0.3) is 5.91 Å². The highest BCUT2D eigenvalue weighted by atomic mass is 127. The average Bonchev–Trinajstić information content (AvgIpc) is 3.07. The lowest BCUT2D eigenvalue weighted by atomic mass is 10.1. The number of rotatable bonds is 8. The molecule has 0 radical (unpaired) electrons. The second-order valence-electron chi connectivity index (χ2n) is 5.81. The van der Waals surface area contributed by atoms with Crippen LogP contribution in [-0.4, -0.2) is 38.5 Å². The van der Waals surface area contributed by atoms with Gasteiger partial charge in [-0.15, -0.1) is 24.0 Å². The fourth-order valence-electron chi connectivity index (χ4n) is 2.42. The van der Waals surface area contributed by atoms with Gasteiger partial charge in [0.15, 0.2) is 11.7 Å². The summed E-state index contributed by atoms with van der Waals surface area (Å²) in [5, 5.41) is 10.1. The number of benzene rings is 1. The number of hydrogen-bond donors (Lipinski definition) is 3. The zero-order chi connectivity index (χ0) is 18.8. The Morgan fingerprint density at radius 2 is 1.81 bits per heavy atom.